The molecule has 10 N–H and O–H groups in total. The fourth-order valence-electron chi connectivity index (χ4n) is 4.82. The summed E-state index contributed by atoms with van der Waals surface area (Å²) in [5.41, 5.74) is 5.78. The third-order valence-corrected chi connectivity index (χ3v) is 10.9. The van der Waals surface area contributed by atoms with E-state index < -0.39 is 101 Å². The molecule has 2 aliphatic heterocycles. The van der Waals surface area contributed by atoms with Gasteiger partial charge in [0, 0.05) is 6.07 Å². The van der Waals surface area contributed by atoms with Gasteiger partial charge >= 0.3 is 23.5 Å². The van der Waals surface area contributed by atoms with Gasteiger partial charge in [-0.05, 0) is 6.07 Å². The van der Waals surface area contributed by atoms with E-state index in [0.717, 1.165) is 34.1 Å². The third-order valence-electron chi connectivity index (χ3n) is 6.97. The summed E-state index contributed by atoms with van der Waals surface area (Å²) >= 11 is 0. The monoisotopic (exact) mass is 781 g/mol. The molecule has 2 fully saturated rings. The summed E-state index contributed by atoms with van der Waals surface area (Å²) in [6.07, 6.45) is -9.55. The normalized spacial score (nSPS) is 30.4. The summed E-state index contributed by atoms with van der Waals surface area (Å²) in [6, 6.07) is 2.20. The van der Waals surface area contributed by atoms with Gasteiger partial charge < -0.3 is 50.1 Å². The molecular weight excluding hydrogens is 753 g/mol. The lowest BCUT2D eigenvalue weighted by Crippen LogP contribution is -2.46. The number of ether oxygens (including phenoxy) is 2. The van der Waals surface area contributed by atoms with E-state index in [0.29, 0.717) is 0 Å². The van der Waals surface area contributed by atoms with Crippen LogP contribution < -0.4 is 10.3 Å². The quantitative estimate of drug-likeness (QED) is 0.0482. The molecule has 2 unspecified atom stereocenters. The second kappa shape index (κ2) is 14.0. The van der Waals surface area contributed by atoms with Crippen LogP contribution in [0.5, 0.6) is 0 Å². The number of nitrogen functional groups attached to an aromatic ring is 1. The van der Waals surface area contributed by atoms with Crippen LogP contribution >= 0.6 is 23.5 Å². The predicted molar refractivity (Wildman–Crippen MR) is 152 cm³/mol. The Morgan fingerprint density at radius 3 is 2.18 bits per heavy atom. The number of aromatic nitrogens is 5. The predicted octanol–water partition coefficient (Wildman–Crippen LogP) is -2.75. The zero-order valence-electron chi connectivity index (χ0n) is 24.1. The van der Waals surface area contributed by atoms with Crippen molar-refractivity contribution in [2.24, 2.45) is 0 Å². The van der Waals surface area contributed by atoms with Crippen LogP contribution in [0.4, 0.5) is 5.82 Å². The number of hydrogen-bond acceptors (Lipinski definition) is 18. The molecule has 5 rings (SSSR count). The molecule has 5 heterocycles. The zero-order valence-corrected chi connectivity index (χ0v) is 27.6. The lowest BCUT2D eigenvalue weighted by atomic mass is 10.1. The number of phosphoric acid groups is 3. The van der Waals surface area contributed by atoms with E-state index in [1.807, 2.05) is 0 Å². The maximum atomic E-state index is 12.6. The van der Waals surface area contributed by atoms with Gasteiger partial charge in [0.05, 0.1) is 19.5 Å². The number of pyridine rings is 1. The average Bonchev–Trinajstić information content (AvgIpc) is 3.64. The number of anilines is 1. The molecule has 272 valence electrons. The minimum Gasteiger partial charge on any atom is -0.387 e. The Hall–Kier alpha value is -2.42. The van der Waals surface area contributed by atoms with Gasteiger partial charge in [0.15, 0.2) is 41.1 Å². The van der Waals surface area contributed by atoms with E-state index in [4.69, 9.17) is 15.2 Å². The first-order valence-corrected chi connectivity index (χ1v) is 19.3. The lowest BCUT2D eigenvalue weighted by Gasteiger charge is -2.22. The van der Waals surface area contributed by atoms with Crippen molar-refractivity contribution in [3.05, 3.63) is 37.2 Å². The number of phosphoric ester groups is 3. The highest BCUT2D eigenvalue weighted by Crippen LogP contribution is 2.61. The van der Waals surface area contributed by atoms with Crippen LogP contribution in [-0.2, 0) is 51.2 Å². The molecule has 0 radical (unpaired) electrons. The number of imidazole rings is 1. The molecule has 0 amide bonds. The van der Waals surface area contributed by atoms with Gasteiger partial charge in [-0.25, -0.2) is 28.6 Å². The average molecular weight is 781 g/mol. The number of aliphatic hydroxyl groups excluding tert-OH is 3. The first kappa shape index (κ1) is 37.8. The molecule has 3 aromatic rings. The Balaban J connectivity index is 1.21. The molecule has 0 spiro atoms. The summed E-state index contributed by atoms with van der Waals surface area (Å²) in [5.74, 6) is -0.0713. The van der Waals surface area contributed by atoms with Gasteiger partial charge in [-0.1, -0.05) is 0 Å². The number of fused-ring (bicyclic) bond motifs is 1. The molecular formula is C20H28N6O19P3S+. The molecule has 0 aromatic carbocycles. The number of nitrogens with two attached hydrogens (primary N) is 1. The van der Waals surface area contributed by atoms with Gasteiger partial charge in [0.2, 0.25) is 0 Å². The van der Waals surface area contributed by atoms with Crippen LogP contribution in [0.1, 0.15) is 12.5 Å². The van der Waals surface area contributed by atoms with Crippen molar-refractivity contribution in [2.75, 3.05) is 18.9 Å². The van der Waals surface area contributed by atoms with Crippen molar-refractivity contribution < 1.29 is 93.5 Å². The number of rotatable bonds is 13. The third kappa shape index (κ3) is 8.73. The number of aliphatic hydroxyl groups is 3. The van der Waals surface area contributed by atoms with Gasteiger partial charge in [-0.2, -0.15) is 17.3 Å². The van der Waals surface area contributed by atoms with E-state index in [2.05, 4.69) is 32.8 Å². The highest BCUT2D eigenvalue weighted by Gasteiger charge is 2.51. The Morgan fingerprint density at radius 2 is 1.57 bits per heavy atom. The topological polar surface area (TPSA) is 376 Å². The lowest BCUT2D eigenvalue weighted by molar-refractivity contribution is -0.767. The minimum absolute atomic E-state index is 0.0134. The smallest absolute Gasteiger partial charge is 0.387 e. The van der Waals surface area contributed by atoms with Crippen LogP contribution in [0, 0.1) is 0 Å². The van der Waals surface area contributed by atoms with Crippen molar-refractivity contribution >= 4 is 50.6 Å². The molecule has 29 heteroatoms. The van der Waals surface area contributed by atoms with Crippen LogP contribution in [-0.4, -0.2) is 117 Å². The Bertz CT molecular complexity index is 1950. The minimum atomic E-state index is -5.57. The van der Waals surface area contributed by atoms with Crippen molar-refractivity contribution in [1.29, 1.82) is 0 Å². The van der Waals surface area contributed by atoms with Crippen LogP contribution in [0.15, 0.2) is 42.1 Å². The van der Waals surface area contributed by atoms with Gasteiger partial charge in [0.1, 0.15) is 42.4 Å². The van der Waals surface area contributed by atoms with Crippen LogP contribution in [0.25, 0.3) is 11.2 Å². The summed E-state index contributed by atoms with van der Waals surface area (Å²) in [4.78, 5) is 50.0. The zero-order chi connectivity index (χ0) is 36.1. The summed E-state index contributed by atoms with van der Waals surface area (Å²) in [7, 11) is -21.0. The molecule has 0 saturated carbocycles. The number of hydrogen-bond donors (Lipinski definition) is 9. The Kier molecular flexibility index (Phi) is 10.8. The molecule has 49 heavy (non-hydrogen) atoms. The van der Waals surface area contributed by atoms with Crippen molar-refractivity contribution in [1.82, 2.24) is 19.5 Å². The second-order valence-corrected chi connectivity index (χ2v) is 16.0. The second-order valence-electron chi connectivity index (χ2n) is 10.3. The summed E-state index contributed by atoms with van der Waals surface area (Å²) in [6.45, 7) is -2.14. The van der Waals surface area contributed by atoms with E-state index >= 15 is 0 Å². The fraction of sp³-hybridized carbons (Fsp3) is 0.500. The maximum absolute atomic E-state index is 12.6. The van der Waals surface area contributed by atoms with E-state index in [1.54, 1.807) is 0 Å². The highest BCUT2D eigenvalue weighted by atomic mass is 32.2. The molecule has 25 nitrogen and oxygen atoms in total. The molecule has 0 bridgehead atoms. The van der Waals surface area contributed by atoms with Crippen LogP contribution in [0.2, 0.25) is 0 Å². The van der Waals surface area contributed by atoms with Crippen molar-refractivity contribution in [3.63, 3.8) is 0 Å². The number of nitrogens with zero attached hydrogens (tertiary/aromatic N) is 5. The molecule has 3 aromatic heterocycles. The molecule has 10 atom stereocenters. The fourth-order valence-corrected chi connectivity index (χ4v) is 7.96. The largest absolute Gasteiger partial charge is 0.481 e. The van der Waals surface area contributed by atoms with Gasteiger partial charge in [-0.3, -0.25) is 22.7 Å². The van der Waals surface area contributed by atoms with E-state index in [1.165, 1.54) is 12.3 Å². The van der Waals surface area contributed by atoms with E-state index in [-0.39, 0.29) is 17.0 Å². The standard InChI is InChI=1S/C20H27N6O19P3S/c21-17-12-18(23-7-22-17)26(8-24-12)20-16(44-46(30,31)32)14(28)11(43-20)6-41-48(35,36)45-47(33,34)40-5-10-13(27)15(29)19(42-10)25-3-1-2-9(4-25)49(37,38)39/h1-4,7-8,10-11,13-16,19-20,27-29H,5-6H2,(H6-,21,22,23,30,31,32,33,34,35,36,37,38,39)/p+1/t10-,11-,13-,14-,15-,16-,19-,20-/m1/s1. The summed E-state index contributed by atoms with van der Waals surface area (Å²) in [5, 5.41) is 31.5. The SMILES string of the molecule is Nc1ncnc2c1ncn2[C@@H]1O[C@H](COP(=O)(O)OP(=O)(O)OC[C@H]2O[C@@H]([n+]3cccc(S(=O)(=O)O)c3)[C@H](O)[C@@H]2O)[C@@H](O)[C@H]1OP(=O)(O)O. The summed E-state index contributed by atoms with van der Waals surface area (Å²) < 4.78 is 100. The van der Waals surface area contributed by atoms with Crippen LogP contribution in [0.3, 0.4) is 0 Å². The van der Waals surface area contributed by atoms with Crippen molar-refractivity contribution in [3.8, 4) is 0 Å². The Morgan fingerprint density at radius 1 is 0.939 bits per heavy atom. The van der Waals surface area contributed by atoms with Gasteiger partial charge in [0.25, 0.3) is 16.3 Å². The molecule has 0 aliphatic carbocycles. The molecule has 2 aliphatic rings. The molecule has 2 saturated heterocycles. The van der Waals surface area contributed by atoms with E-state index in [9.17, 15) is 61.6 Å². The van der Waals surface area contributed by atoms with Crippen molar-refractivity contribution in [2.45, 2.75) is 54.0 Å². The first-order valence-electron chi connectivity index (χ1n) is 13.3. The van der Waals surface area contributed by atoms with Gasteiger partial charge in [-0.15, -0.1) is 0 Å². The Labute approximate surface area is 273 Å². The first-order chi connectivity index (χ1) is 22.7. The highest BCUT2D eigenvalue weighted by molar-refractivity contribution is 7.85. The maximum Gasteiger partial charge on any atom is 0.481 e.